The van der Waals surface area contributed by atoms with E-state index in [-0.39, 0.29) is 0 Å². The number of hydrogen-bond donors (Lipinski definition) is 2. The number of hydrogen-bond acceptors (Lipinski definition) is 2. The monoisotopic (exact) mass is 202 g/mol. The van der Waals surface area contributed by atoms with E-state index >= 15 is 0 Å². The third kappa shape index (κ3) is 7.49. The highest BCUT2D eigenvalue weighted by atomic mass is 32.2. The van der Waals surface area contributed by atoms with Crippen LogP contribution in [0.15, 0.2) is 24.3 Å². The molecule has 0 bridgehead atoms. The van der Waals surface area contributed by atoms with Crippen LogP contribution in [0.4, 0.5) is 0 Å². The van der Waals surface area contributed by atoms with Crippen molar-refractivity contribution in [2.45, 2.75) is 20.3 Å². The summed E-state index contributed by atoms with van der Waals surface area (Å²) in [4.78, 5) is 0. The summed E-state index contributed by atoms with van der Waals surface area (Å²) in [6.07, 6.45) is 1.14. The second kappa shape index (κ2) is 6.62. The number of rotatable bonds is 1. The second-order valence-corrected chi connectivity index (χ2v) is 3.05. The smallest absolute Gasteiger partial charge is 0.254 e. The molecule has 0 aliphatic rings. The maximum Gasteiger partial charge on any atom is 0.254 e. The Hall–Kier alpha value is -0.870. The molecule has 74 valence electrons. The van der Waals surface area contributed by atoms with Crippen molar-refractivity contribution < 1.29 is 13.0 Å². The highest BCUT2D eigenvalue weighted by Gasteiger charge is 1.84. The van der Waals surface area contributed by atoms with Crippen LogP contribution in [-0.2, 0) is 17.4 Å². The van der Waals surface area contributed by atoms with Gasteiger partial charge in [0.2, 0.25) is 0 Å². The van der Waals surface area contributed by atoms with Crippen molar-refractivity contribution in [3.8, 4) is 0 Å². The molecule has 1 N–H and O–H groups in total. The Labute approximate surface area is 80.2 Å². The van der Waals surface area contributed by atoms with Crippen LogP contribution in [0.2, 0.25) is 0 Å². The van der Waals surface area contributed by atoms with Crippen LogP contribution in [0.1, 0.15) is 18.1 Å². The molecule has 0 atom stereocenters. The van der Waals surface area contributed by atoms with Gasteiger partial charge in [0.05, 0.1) is 0 Å². The van der Waals surface area contributed by atoms with E-state index in [1.807, 2.05) is 0 Å². The molecule has 0 spiro atoms. The van der Waals surface area contributed by atoms with E-state index in [2.05, 4.69) is 38.1 Å². The molecule has 0 heterocycles. The Morgan fingerprint density at radius 3 is 1.92 bits per heavy atom. The minimum Gasteiger partial charge on any atom is -0.288 e. The Kier molecular flexibility index (Phi) is 6.18. The zero-order chi connectivity index (χ0) is 10.3. The maximum atomic E-state index is 8.59. The van der Waals surface area contributed by atoms with Gasteiger partial charge in [-0.25, -0.2) is 8.42 Å². The van der Waals surface area contributed by atoms with Crippen LogP contribution in [0.25, 0.3) is 0 Å². The average Bonchev–Trinajstić information content (AvgIpc) is 2.05. The lowest BCUT2D eigenvalue weighted by atomic mass is 10.1. The Bertz CT molecular complexity index is 293. The van der Waals surface area contributed by atoms with Gasteiger partial charge >= 0.3 is 0 Å². The topological polar surface area (TPSA) is 54.4 Å². The van der Waals surface area contributed by atoms with E-state index in [1.165, 1.54) is 11.1 Å². The predicted octanol–water partition coefficient (Wildman–Crippen LogP) is 1.63. The Morgan fingerprint density at radius 1 is 1.23 bits per heavy atom. The first-order valence-corrected chi connectivity index (χ1v) is 5.08. The molecule has 0 aromatic heterocycles. The van der Waals surface area contributed by atoms with Crippen LogP contribution in [0, 0.1) is 6.92 Å². The minimum absolute atomic E-state index is 1.14. The van der Waals surface area contributed by atoms with Gasteiger partial charge in [0.1, 0.15) is 0 Å². The fourth-order valence-corrected chi connectivity index (χ4v) is 0.824. The first kappa shape index (κ1) is 12.1. The van der Waals surface area contributed by atoms with Crippen molar-refractivity contribution in [1.29, 1.82) is 0 Å². The summed E-state index contributed by atoms with van der Waals surface area (Å²) in [5.74, 6) is 0. The number of aryl methyl sites for hydroxylation is 2. The van der Waals surface area contributed by atoms with E-state index < -0.39 is 11.0 Å². The van der Waals surface area contributed by atoms with Crippen LogP contribution >= 0.6 is 0 Å². The van der Waals surface area contributed by atoms with Gasteiger partial charge in [-0.05, 0) is 18.9 Å². The minimum atomic E-state index is -3.12. The van der Waals surface area contributed by atoms with Crippen molar-refractivity contribution in [3.05, 3.63) is 35.4 Å². The summed E-state index contributed by atoms with van der Waals surface area (Å²) >= 11 is 0. The Balaban J connectivity index is 0.000000310. The lowest BCUT2D eigenvalue weighted by molar-refractivity contribution is 0.509. The van der Waals surface area contributed by atoms with Gasteiger partial charge in [-0.3, -0.25) is 4.55 Å². The quantitative estimate of drug-likeness (QED) is 0.537. The van der Waals surface area contributed by atoms with Gasteiger partial charge in [-0.1, -0.05) is 36.8 Å². The van der Waals surface area contributed by atoms with E-state index in [9.17, 15) is 0 Å². The van der Waals surface area contributed by atoms with Gasteiger partial charge in [0.25, 0.3) is 11.0 Å². The average molecular weight is 202 g/mol. The molecule has 0 amide bonds. The van der Waals surface area contributed by atoms with Crippen molar-refractivity contribution in [2.75, 3.05) is 0 Å². The van der Waals surface area contributed by atoms with Gasteiger partial charge in [-0.15, -0.1) is 0 Å². The zero-order valence-electron chi connectivity index (χ0n) is 7.73. The van der Waals surface area contributed by atoms with Crippen molar-refractivity contribution in [2.24, 2.45) is 0 Å². The van der Waals surface area contributed by atoms with Crippen molar-refractivity contribution in [1.82, 2.24) is 0 Å². The van der Waals surface area contributed by atoms with Gasteiger partial charge < -0.3 is 0 Å². The van der Waals surface area contributed by atoms with Crippen molar-refractivity contribution >= 4 is 11.0 Å². The normalized spacial score (nSPS) is 9.23. The molecule has 13 heavy (non-hydrogen) atoms. The molecule has 1 aromatic carbocycles. The van der Waals surface area contributed by atoms with Gasteiger partial charge in [-0.2, -0.15) is 0 Å². The maximum absolute atomic E-state index is 8.59. The molecule has 0 radical (unpaired) electrons. The van der Waals surface area contributed by atoms with Gasteiger partial charge in [0, 0.05) is 0 Å². The van der Waals surface area contributed by atoms with Gasteiger partial charge in [0.15, 0.2) is 0 Å². The summed E-state index contributed by atoms with van der Waals surface area (Å²) in [6.45, 7) is 4.28. The fourth-order valence-electron chi connectivity index (χ4n) is 0.824. The molecule has 1 aromatic rings. The molecular formula is C9H14O3S. The fraction of sp³-hybridized carbons (Fsp3) is 0.333. The third-order valence-electron chi connectivity index (χ3n) is 1.53. The lowest BCUT2D eigenvalue weighted by Crippen LogP contribution is -1.77. The second-order valence-electron chi connectivity index (χ2n) is 2.58. The van der Waals surface area contributed by atoms with Crippen molar-refractivity contribution in [3.63, 3.8) is 0 Å². The largest absolute Gasteiger partial charge is 0.288 e. The van der Waals surface area contributed by atoms with Crippen LogP contribution < -0.4 is 0 Å². The Morgan fingerprint density at radius 2 is 1.62 bits per heavy atom. The molecule has 0 aliphatic heterocycles. The van der Waals surface area contributed by atoms with E-state index in [1.54, 1.807) is 0 Å². The van der Waals surface area contributed by atoms with Crippen LogP contribution in [0.3, 0.4) is 0 Å². The number of benzene rings is 1. The van der Waals surface area contributed by atoms with E-state index in [0.29, 0.717) is 0 Å². The molecular weight excluding hydrogens is 188 g/mol. The predicted molar refractivity (Wildman–Crippen MR) is 53.5 cm³/mol. The first-order chi connectivity index (χ1) is 6.06. The van der Waals surface area contributed by atoms with E-state index in [0.717, 1.165) is 6.42 Å². The van der Waals surface area contributed by atoms with E-state index in [4.69, 9.17) is 13.0 Å². The summed E-state index contributed by atoms with van der Waals surface area (Å²) in [5, 5.41) is 0. The summed E-state index contributed by atoms with van der Waals surface area (Å²) in [6, 6.07) is 8.66. The molecule has 1 rings (SSSR count). The molecule has 0 fully saturated rings. The highest BCUT2D eigenvalue weighted by Crippen LogP contribution is 2.02. The molecule has 0 aliphatic carbocycles. The summed E-state index contributed by atoms with van der Waals surface area (Å²) in [7, 11) is -3.12. The standard InChI is InChI=1S/C9H12.H2O3S/c1-3-9-6-4-8(2)5-7-9;1-4(2)3/h4-7H,3H2,1-2H3;4H,(H,1,2,3). The van der Waals surface area contributed by atoms with Crippen LogP contribution in [-0.4, -0.2) is 13.0 Å². The summed E-state index contributed by atoms with van der Waals surface area (Å²) < 4.78 is 24.2. The lowest BCUT2D eigenvalue weighted by Gasteiger charge is -1.94. The molecule has 4 heteroatoms. The molecule has 0 saturated heterocycles. The SMILES string of the molecule is CCc1ccc(C)cc1.O=[SH](=O)O. The summed E-state index contributed by atoms with van der Waals surface area (Å²) in [5.41, 5.74) is 2.76. The van der Waals surface area contributed by atoms with Crippen LogP contribution in [0.5, 0.6) is 0 Å². The third-order valence-corrected chi connectivity index (χ3v) is 1.53. The first-order valence-electron chi connectivity index (χ1n) is 3.95. The number of thiol groups is 1. The zero-order valence-corrected chi connectivity index (χ0v) is 8.62. The molecule has 0 saturated carbocycles. The molecule has 0 unspecified atom stereocenters. The molecule has 3 nitrogen and oxygen atoms in total. The highest BCUT2D eigenvalue weighted by molar-refractivity contribution is 7.66.